The first-order valence-electron chi connectivity index (χ1n) is 8.06. The Morgan fingerprint density at radius 1 is 1.04 bits per heavy atom. The molecule has 0 heterocycles. The molecule has 0 aliphatic rings. The average Bonchev–Trinajstić information content (AvgIpc) is 2.52. The number of aryl methyl sites for hydroxylation is 1. The van der Waals surface area contributed by atoms with Crippen molar-refractivity contribution in [3.8, 4) is 11.1 Å². The fourth-order valence-corrected chi connectivity index (χ4v) is 2.34. The lowest BCUT2D eigenvalue weighted by Gasteiger charge is -2.23. The van der Waals surface area contributed by atoms with E-state index in [9.17, 15) is 9.90 Å². The van der Waals surface area contributed by atoms with Gasteiger partial charge in [0.05, 0.1) is 12.6 Å². The molecule has 2 rings (SSSR count). The van der Waals surface area contributed by atoms with Gasteiger partial charge in [-0.05, 0) is 44.4 Å². The van der Waals surface area contributed by atoms with Gasteiger partial charge < -0.3 is 15.2 Å². The molecule has 0 spiro atoms. The third kappa shape index (κ3) is 5.10. The Labute approximate surface area is 143 Å². The van der Waals surface area contributed by atoms with Crippen LogP contribution in [0.2, 0.25) is 0 Å². The Bertz CT molecular complexity index is 670. The lowest BCUT2D eigenvalue weighted by Crippen LogP contribution is -2.36. The molecule has 2 aromatic carbocycles. The van der Waals surface area contributed by atoms with E-state index in [1.807, 2.05) is 24.3 Å². The van der Waals surface area contributed by atoms with Gasteiger partial charge >= 0.3 is 6.09 Å². The summed E-state index contributed by atoms with van der Waals surface area (Å²) in [6, 6.07) is 15.6. The van der Waals surface area contributed by atoms with Crippen molar-refractivity contribution in [2.75, 3.05) is 6.61 Å². The molecule has 0 saturated carbocycles. The summed E-state index contributed by atoms with van der Waals surface area (Å²) in [5, 5.41) is 12.3. The van der Waals surface area contributed by atoms with E-state index in [-0.39, 0.29) is 6.61 Å². The van der Waals surface area contributed by atoms with E-state index in [2.05, 4.69) is 36.5 Å². The second-order valence-corrected chi connectivity index (χ2v) is 6.87. The van der Waals surface area contributed by atoms with Gasteiger partial charge in [0.2, 0.25) is 0 Å². The Morgan fingerprint density at radius 3 is 2.00 bits per heavy atom. The maximum Gasteiger partial charge on any atom is 0.408 e. The third-order valence-electron chi connectivity index (χ3n) is 3.57. The highest BCUT2D eigenvalue weighted by Crippen LogP contribution is 2.22. The van der Waals surface area contributed by atoms with Gasteiger partial charge in [-0.3, -0.25) is 0 Å². The molecular formula is C20H25NO3. The maximum absolute atomic E-state index is 11.9. The molecule has 0 aliphatic heterocycles. The van der Waals surface area contributed by atoms with Gasteiger partial charge in [0.25, 0.3) is 0 Å². The molecule has 0 saturated heterocycles. The summed E-state index contributed by atoms with van der Waals surface area (Å²) >= 11 is 0. The van der Waals surface area contributed by atoms with Crippen LogP contribution in [0.4, 0.5) is 4.79 Å². The molecule has 0 unspecified atom stereocenters. The zero-order valence-electron chi connectivity index (χ0n) is 14.7. The van der Waals surface area contributed by atoms with Crippen molar-refractivity contribution < 1.29 is 14.6 Å². The number of hydrogen-bond donors (Lipinski definition) is 2. The van der Waals surface area contributed by atoms with Gasteiger partial charge in [-0.2, -0.15) is 0 Å². The van der Waals surface area contributed by atoms with Crippen LogP contribution >= 0.6 is 0 Å². The number of aliphatic hydroxyl groups is 1. The van der Waals surface area contributed by atoms with E-state index < -0.39 is 17.7 Å². The smallest absolute Gasteiger partial charge is 0.408 e. The van der Waals surface area contributed by atoms with Crippen LogP contribution in [0.1, 0.15) is 37.9 Å². The SMILES string of the molecule is Cc1ccc(-c2ccc([C@H](CO)NC(=O)OC(C)(C)C)cc2)cc1. The van der Waals surface area contributed by atoms with E-state index in [0.29, 0.717) is 0 Å². The maximum atomic E-state index is 11.9. The lowest BCUT2D eigenvalue weighted by molar-refractivity contribution is 0.0482. The Kier molecular flexibility index (Phi) is 5.62. The number of hydrogen-bond acceptors (Lipinski definition) is 3. The standard InChI is InChI=1S/C20H25NO3/c1-14-5-7-15(8-6-14)16-9-11-17(12-10-16)18(13-22)21-19(23)24-20(2,3)4/h5-12,18,22H,13H2,1-4H3,(H,21,23)/t18-/m0/s1. The normalized spacial score (nSPS) is 12.5. The zero-order valence-corrected chi connectivity index (χ0v) is 14.7. The molecule has 2 N–H and O–H groups in total. The Hall–Kier alpha value is -2.33. The number of carbonyl (C=O) groups excluding carboxylic acids is 1. The van der Waals surface area contributed by atoms with Crippen LogP contribution in [0, 0.1) is 6.92 Å². The quantitative estimate of drug-likeness (QED) is 0.884. The van der Waals surface area contributed by atoms with Crippen molar-refractivity contribution in [1.29, 1.82) is 0 Å². The molecule has 2 aromatic rings. The van der Waals surface area contributed by atoms with E-state index in [0.717, 1.165) is 16.7 Å². The number of rotatable bonds is 4. The summed E-state index contributed by atoms with van der Waals surface area (Å²) in [7, 11) is 0. The minimum atomic E-state index is -0.570. The molecule has 0 radical (unpaired) electrons. The highest BCUT2D eigenvalue weighted by atomic mass is 16.6. The van der Waals surface area contributed by atoms with Gasteiger partial charge in [-0.25, -0.2) is 4.79 Å². The topological polar surface area (TPSA) is 58.6 Å². The first-order chi connectivity index (χ1) is 11.3. The van der Waals surface area contributed by atoms with Gasteiger partial charge in [0.15, 0.2) is 0 Å². The van der Waals surface area contributed by atoms with E-state index in [4.69, 9.17) is 4.74 Å². The van der Waals surface area contributed by atoms with Gasteiger partial charge in [-0.1, -0.05) is 54.1 Å². The van der Waals surface area contributed by atoms with Crippen LogP contribution in [0.3, 0.4) is 0 Å². The van der Waals surface area contributed by atoms with Gasteiger partial charge in [-0.15, -0.1) is 0 Å². The fourth-order valence-electron chi connectivity index (χ4n) is 2.34. The second-order valence-electron chi connectivity index (χ2n) is 6.87. The highest BCUT2D eigenvalue weighted by molar-refractivity contribution is 5.69. The molecule has 1 amide bonds. The predicted molar refractivity (Wildman–Crippen MR) is 95.8 cm³/mol. The number of aliphatic hydroxyl groups excluding tert-OH is 1. The summed E-state index contributed by atoms with van der Waals surface area (Å²) in [5.41, 5.74) is 3.70. The number of amides is 1. The molecule has 1 atom stereocenters. The minimum Gasteiger partial charge on any atom is -0.444 e. The van der Waals surface area contributed by atoms with E-state index in [1.165, 1.54) is 5.56 Å². The summed E-state index contributed by atoms with van der Waals surface area (Å²) in [5.74, 6) is 0. The second kappa shape index (κ2) is 7.49. The number of alkyl carbamates (subject to hydrolysis) is 1. The predicted octanol–water partition coefficient (Wildman–Crippen LogP) is 4.22. The van der Waals surface area contributed by atoms with Crippen molar-refractivity contribution in [2.24, 2.45) is 0 Å². The monoisotopic (exact) mass is 327 g/mol. The van der Waals surface area contributed by atoms with Gasteiger partial charge in [0.1, 0.15) is 5.60 Å². The minimum absolute atomic E-state index is 0.191. The first kappa shape index (κ1) is 18.0. The van der Waals surface area contributed by atoms with Crippen molar-refractivity contribution >= 4 is 6.09 Å². The zero-order chi connectivity index (χ0) is 17.7. The third-order valence-corrected chi connectivity index (χ3v) is 3.57. The molecular weight excluding hydrogens is 302 g/mol. The van der Waals surface area contributed by atoms with Crippen molar-refractivity contribution in [3.05, 3.63) is 59.7 Å². The summed E-state index contributed by atoms with van der Waals surface area (Å²) in [6.07, 6.45) is -0.538. The van der Waals surface area contributed by atoms with E-state index >= 15 is 0 Å². The molecule has 0 aliphatic carbocycles. The fraction of sp³-hybridized carbons (Fsp3) is 0.350. The molecule has 4 heteroatoms. The summed E-state index contributed by atoms with van der Waals surface area (Å²) in [6.45, 7) is 7.27. The molecule has 0 aromatic heterocycles. The average molecular weight is 327 g/mol. The van der Waals surface area contributed by atoms with Crippen molar-refractivity contribution in [2.45, 2.75) is 39.3 Å². The molecule has 0 fully saturated rings. The number of carbonyl (C=O) groups is 1. The Morgan fingerprint density at radius 2 is 1.54 bits per heavy atom. The van der Waals surface area contributed by atoms with Crippen molar-refractivity contribution in [1.82, 2.24) is 5.32 Å². The van der Waals surface area contributed by atoms with Crippen LogP contribution in [0.5, 0.6) is 0 Å². The number of nitrogens with one attached hydrogen (secondary N) is 1. The largest absolute Gasteiger partial charge is 0.444 e. The molecule has 0 bridgehead atoms. The van der Waals surface area contributed by atoms with Crippen LogP contribution in [0.15, 0.2) is 48.5 Å². The van der Waals surface area contributed by atoms with E-state index in [1.54, 1.807) is 20.8 Å². The van der Waals surface area contributed by atoms with Crippen molar-refractivity contribution in [3.63, 3.8) is 0 Å². The summed E-state index contributed by atoms with van der Waals surface area (Å²) < 4.78 is 5.23. The summed E-state index contributed by atoms with van der Waals surface area (Å²) in [4.78, 5) is 11.9. The molecule has 4 nitrogen and oxygen atoms in total. The van der Waals surface area contributed by atoms with Crippen LogP contribution in [0.25, 0.3) is 11.1 Å². The van der Waals surface area contributed by atoms with Crippen LogP contribution < -0.4 is 5.32 Å². The highest BCUT2D eigenvalue weighted by Gasteiger charge is 2.20. The van der Waals surface area contributed by atoms with Gasteiger partial charge in [0, 0.05) is 0 Å². The molecule has 128 valence electrons. The van der Waals surface area contributed by atoms with Crippen LogP contribution in [-0.4, -0.2) is 23.4 Å². The number of ether oxygens (including phenoxy) is 1. The first-order valence-corrected chi connectivity index (χ1v) is 8.06. The Balaban J connectivity index is 2.10. The number of benzene rings is 2. The van der Waals surface area contributed by atoms with Crippen LogP contribution in [-0.2, 0) is 4.74 Å². The lowest BCUT2D eigenvalue weighted by atomic mass is 10.0. The molecule has 24 heavy (non-hydrogen) atoms.